The summed E-state index contributed by atoms with van der Waals surface area (Å²) in [6, 6.07) is 12.9. The monoisotopic (exact) mass is 336 g/mol. The topological polar surface area (TPSA) is 51.7 Å². The van der Waals surface area contributed by atoms with Gasteiger partial charge in [0.05, 0.1) is 12.7 Å². The highest BCUT2D eigenvalue weighted by molar-refractivity contribution is 5.99. The number of carbonyl (C=O) groups excluding carboxylic acids is 1. The predicted molar refractivity (Wildman–Crippen MR) is 98.7 cm³/mol. The highest BCUT2D eigenvalue weighted by Gasteiger charge is 2.12. The third-order valence-corrected chi connectivity index (χ3v) is 4.01. The fourth-order valence-electron chi connectivity index (χ4n) is 2.76. The second-order valence-electron chi connectivity index (χ2n) is 5.96. The first kappa shape index (κ1) is 16.8. The van der Waals surface area contributed by atoms with E-state index < -0.39 is 0 Å². The zero-order valence-electron chi connectivity index (χ0n) is 14.7. The predicted octanol–water partition coefficient (Wildman–Crippen LogP) is 4.19. The van der Waals surface area contributed by atoms with Gasteiger partial charge in [0.1, 0.15) is 5.75 Å². The molecule has 1 heterocycles. The largest absolute Gasteiger partial charge is 0.465 e. The van der Waals surface area contributed by atoms with E-state index in [2.05, 4.69) is 16.0 Å². The van der Waals surface area contributed by atoms with Crippen LogP contribution in [0, 0.1) is 6.92 Å². The first-order chi connectivity index (χ1) is 12.0. The molecule has 0 aliphatic carbocycles. The number of methoxy groups -OCH3 is 1. The van der Waals surface area contributed by atoms with Crippen LogP contribution in [0.2, 0.25) is 0 Å². The number of carbonyl (C=O) groups is 1. The van der Waals surface area contributed by atoms with Crippen molar-refractivity contribution in [1.82, 2.24) is 4.98 Å². The van der Waals surface area contributed by atoms with Crippen LogP contribution in [-0.2, 0) is 4.74 Å². The average molecular weight is 336 g/mol. The first-order valence-electron chi connectivity index (χ1n) is 7.93. The van der Waals surface area contributed by atoms with Crippen LogP contribution in [0.3, 0.4) is 0 Å². The van der Waals surface area contributed by atoms with E-state index in [1.54, 1.807) is 24.3 Å². The van der Waals surface area contributed by atoms with Gasteiger partial charge in [0.2, 0.25) is 5.88 Å². The molecule has 25 heavy (non-hydrogen) atoms. The molecule has 2 aromatic carbocycles. The number of hydrogen-bond donors (Lipinski definition) is 0. The maximum absolute atomic E-state index is 11.5. The molecule has 0 fully saturated rings. The fourth-order valence-corrected chi connectivity index (χ4v) is 2.76. The highest BCUT2D eigenvalue weighted by Crippen LogP contribution is 2.35. The van der Waals surface area contributed by atoms with Gasteiger partial charge in [0.15, 0.2) is 0 Å². The normalized spacial score (nSPS) is 10.6. The van der Waals surface area contributed by atoms with Crippen molar-refractivity contribution >= 4 is 22.4 Å². The number of pyridine rings is 1. The molecule has 0 atom stereocenters. The summed E-state index contributed by atoms with van der Waals surface area (Å²) in [4.78, 5) is 18.0. The standard InChI is InChI=1S/C20H20N2O3/c1-13-12-21-19(16-6-5-7-17(18(13)16)22(2)3)25-15-10-8-14(9-11-15)20(23)24-4/h5-12H,1-4H3. The van der Waals surface area contributed by atoms with Crippen LogP contribution in [0.25, 0.3) is 10.8 Å². The molecule has 0 bridgehead atoms. The lowest BCUT2D eigenvalue weighted by molar-refractivity contribution is 0.0600. The molecule has 3 rings (SSSR count). The van der Waals surface area contributed by atoms with Gasteiger partial charge in [-0.3, -0.25) is 0 Å². The van der Waals surface area contributed by atoms with E-state index in [1.807, 2.05) is 39.3 Å². The van der Waals surface area contributed by atoms with E-state index in [0.29, 0.717) is 17.2 Å². The van der Waals surface area contributed by atoms with Crippen LogP contribution in [0.4, 0.5) is 5.69 Å². The van der Waals surface area contributed by atoms with Crippen molar-refractivity contribution < 1.29 is 14.3 Å². The minimum absolute atomic E-state index is 0.374. The van der Waals surface area contributed by atoms with Crippen molar-refractivity contribution in [3.8, 4) is 11.6 Å². The molecule has 1 aromatic heterocycles. The highest BCUT2D eigenvalue weighted by atomic mass is 16.5. The smallest absolute Gasteiger partial charge is 0.337 e. The summed E-state index contributed by atoms with van der Waals surface area (Å²) in [5.41, 5.74) is 2.68. The Morgan fingerprint density at radius 3 is 2.44 bits per heavy atom. The Kier molecular flexibility index (Phi) is 4.57. The maximum atomic E-state index is 11.5. The minimum Gasteiger partial charge on any atom is -0.465 e. The van der Waals surface area contributed by atoms with E-state index in [1.165, 1.54) is 7.11 Å². The van der Waals surface area contributed by atoms with E-state index in [0.717, 1.165) is 22.0 Å². The number of anilines is 1. The Labute approximate surface area is 146 Å². The number of nitrogens with zero attached hydrogens (tertiary/aromatic N) is 2. The van der Waals surface area contributed by atoms with Gasteiger partial charge in [-0.25, -0.2) is 9.78 Å². The van der Waals surface area contributed by atoms with E-state index in [4.69, 9.17) is 9.47 Å². The molecule has 0 saturated heterocycles. The summed E-state index contributed by atoms with van der Waals surface area (Å²) in [5.74, 6) is 0.775. The molecule has 128 valence electrons. The van der Waals surface area contributed by atoms with E-state index in [-0.39, 0.29) is 5.97 Å². The summed E-state index contributed by atoms with van der Waals surface area (Å²) < 4.78 is 10.7. The maximum Gasteiger partial charge on any atom is 0.337 e. The molecule has 0 radical (unpaired) electrons. The SMILES string of the molecule is COC(=O)c1ccc(Oc2ncc(C)c3c(N(C)C)cccc23)cc1. The van der Waals surface area contributed by atoms with Crippen molar-refractivity contribution in [3.05, 3.63) is 59.8 Å². The van der Waals surface area contributed by atoms with Gasteiger partial charge >= 0.3 is 5.97 Å². The van der Waals surface area contributed by atoms with Crippen LogP contribution in [0.5, 0.6) is 11.6 Å². The Hall–Kier alpha value is -3.08. The third kappa shape index (κ3) is 3.26. The third-order valence-electron chi connectivity index (χ3n) is 4.01. The molecule has 0 N–H and O–H groups in total. The second-order valence-corrected chi connectivity index (χ2v) is 5.96. The number of fused-ring (bicyclic) bond motifs is 1. The van der Waals surface area contributed by atoms with Crippen molar-refractivity contribution in [2.24, 2.45) is 0 Å². The summed E-state index contributed by atoms with van der Waals surface area (Å²) in [6.07, 6.45) is 1.81. The van der Waals surface area contributed by atoms with Gasteiger partial charge in [-0.2, -0.15) is 0 Å². The van der Waals surface area contributed by atoms with Gasteiger partial charge in [-0.15, -0.1) is 0 Å². The van der Waals surface area contributed by atoms with Gasteiger partial charge in [0.25, 0.3) is 0 Å². The van der Waals surface area contributed by atoms with Crippen molar-refractivity contribution in [3.63, 3.8) is 0 Å². The Balaban J connectivity index is 2.01. The molecule has 0 spiro atoms. The van der Waals surface area contributed by atoms with Crippen LogP contribution < -0.4 is 9.64 Å². The van der Waals surface area contributed by atoms with Gasteiger partial charge in [-0.05, 0) is 48.9 Å². The molecular weight excluding hydrogens is 316 g/mol. The lowest BCUT2D eigenvalue weighted by Gasteiger charge is -2.18. The molecule has 5 nitrogen and oxygen atoms in total. The summed E-state index contributed by atoms with van der Waals surface area (Å²) >= 11 is 0. The van der Waals surface area contributed by atoms with Crippen molar-refractivity contribution in [2.45, 2.75) is 6.92 Å². The number of hydrogen-bond acceptors (Lipinski definition) is 5. The number of aromatic nitrogens is 1. The number of esters is 1. The van der Waals surface area contributed by atoms with Gasteiger partial charge in [-0.1, -0.05) is 6.07 Å². The summed E-state index contributed by atoms with van der Waals surface area (Å²) in [6.45, 7) is 2.04. The van der Waals surface area contributed by atoms with Crippen LogP contribution >= 0.6 is 0 Å². The molecule has 0 aliphatic heterocycles. The summed E-state index contributed by atoms with van der Waals surface area (Å²) in [5, 5.41) is 2.06. The van der Waals surface area contributed by atoms with Crippen LogP contribution in [0.1, 0.15) is 15.9 Å². The average Bonchev–Trinajstić information content (AvgIpc) is 2.63. The van der Waals surface area contributed by atoms with Crippen LogP contribution in [-0.4, -0.2) is 32.2 Å². The zero-order chi connectivity index (χ0) is 18.0. The molecule has 0 saturated carbocycles. The van der Waals surface area contributed by atoms with Gasteiger partial charge < -0.3 is 14.4 Å². The van der Waals surface area contributed by atoms with E-state index in [9.17, 15) is 4.79 Å². The lowest BCUT2D eigenvalue weighted by atomic mass is 10.1. The first-order valence-corrected chi connectivity index (χ1v) is 7.93. The Morgan fingerprint density at radius 1 is 1.08 bits per heavy atom. The molecule has 3 aromatic rings. The van der Waals surface area contributed by atoms with E-state index >= 15 is 0 Å². The molecular formula is C20H20N2O3. The number of rotatable bonds is 4. The number of benzene rings is 2. The quantitative estimate of drug-likeness (QED) is 0.669. The lowest BCUT2D eigenvalue weighted by Crippen LogP contribution is -2.09. The van der Waals surface area contributed by atoms with Crippen LogP contribution in [0.15, 0.2) is 48.7 Å². The Morgan fingerprint density at radius 2 is 1.80 bits per heavy atom. The zero-order valence-corrected chi connectivity index (χ0v) is 14.7. The second kappa shape index (κ2) is 6.81. The van der Waals surface area contributed by atoms with Gasteiger partial charge in [0, 0.05) is 36.8 Å². The number of aryl methyl sites for hydroxylation is 1. The molecule has 0 aliphatic rings. The van der Waals surface area contributed by atoms with Crippen molar-refractivity contribution in [2.75, 3.05) is 26.1 Å². The number of ether oxygens (including phenoxy) is 2. The van der Waals surface area contributed by atoms with Crippen molar-refractivity contribution in [1.29, 1.82) is 0 Å². The fraction of sp³-hybridized carbons (Fsp3) is 0.200. The minimum atomic E-state index is -0.374. The molecule has 5 heteroatoms. The molecule has 0 amide bonds. The summed E-state index contributed by atoms with van der Waals surface area (Å²) in [7, 11) is 5.39. The molecule has 0 unspecified atom stereocenters. The Bertz CT molecular complexity index is 918.